The minimum absolute atomic E-state index is 0.237. The summed E-state index contributed by atoms with van der Waals surface area (Å²) in [5.74, 6) is -3.23. The van der Waals surface area contributed by atoms with E-state index in [0.717, 1.165) is 11.1 Å². The van der Waals surface area contributed by atoms with Crippen molar-refractivity contribution in [3.05, 3.63) is 53.6 Å². The van der Waals surface area contributed by atoms with Gasteiger partial charge in [0.1, 0.15) is 0 Å². The highest BCUT2D eigenvalue weighted by Crippen LogP contribution is 2.32. The number of halogens is 2. The van der Waals surface area contributed by atoms with Crippen molar-refractivity contribution in [1.29, 1.82) is 0 Å². The monoisotopic (exact) mass is 454 g/mol. The summed E-state index contributed by atoms with van der Waals surface area (Å²) in [4.78, 5) is 13.2. The predicted octanol–water partition coefficient (Wildman–Crippen LogP) is 4.66. The van der Waals surface area contributed by atoms with E-state index in [0.29, 0.717) is 35.2 Å². The standard InChI is InChI=1S/C21H24F2N2O3S2/c1-14-7-8-17(13-15(14)2)30(27,28)25-11-9-16(10-12-25)20(26)24-18-5-3-4-6-19(18)29-21(22)23/h3-8,13,16,21H,9-12H2,1-2H3,(H,24,26). The van der Waals surface area contributed by atoms with E-state index in [2.05, 4.69) is 5.32 Å². The van der Waals surface area contributed by atoms with E-state index in [4.69, 9.17) is 0 Å². The van der Waals surface area contributed by atoms with Crippen molar-refractivity contribution in [3.8, 4) is 0 Å². The van der Waals surface area contributed by atoms with E-state index in [1.54, 1.807) is 36.4 Å². The van der Waals surface area contributed by atoms with Crippen molar-refractivity contribution in [1.82, 2.24) is 4.31 Å². The van der Waals surface area contributed by atoms with E-state index in [-0.39, 0.29) is 29.8 Å². The Kier molecular flexibility index (Phi) is 7.15. The Labute approximate surface area is 179 Å². The molecule has 0 aromatic heterocycles. The highest BCUT2D eigenvalue weighted by molar-refractivity contribution is 7.99. The number of hydrogen-bond donors (Lipinski definition) is 1. The van der Waals surface area contributed by atoms with Crippen LogP contribution >= 0.6 is 11.8 Å². The average Bonchev–Trinajstić information content (AvgIpc) is 2.71. The summed E-state index contributed by atoms with van der Waals surface area (Å²) >= 11 is 0.382. The van der Waals surface area contributed by atoms with Gasteiger partial charge in [0.05, 0.1) is 10.6 Å². The third-order valence-electron chi connectivity index (χ3n) is 5.30. The van der Waals surface area contributed by atoms with Crippen LogP contribution in [0.3, 0.4) is 0 Å². The van der Waals surface area contributed by atoms with E-state index < -0.39 is 15.8 Å². The fourth-order valence-corrected chi connectivity index (χ4v) is 5.54. The Morgan fingerprint density at radius 2 is 1.77 bits per heavy atom. The van der Waals surface area contributed by atoms with E-state index in [1.807, 2.05) is 13.8 Å². The molecule has 1 fully saturated rings. The maximum absolute atomic E-state index is 12.9. The Balaban J connectivity index is 1.64. The zero-order valence-electron chi connectivity index (χ0n) is 16.8. The third-order valence-corrected chi connectivity index (χ3v) is 7.98. The fraction of sp³-hybridized carbons (Fsp3) is 0.381. The molecule has 30 heavy (non-hydrogen) atoms. The van der Waals surface area contributed by atoms with Gasteiger partial charge < -0.3 is 5.32 Å². The number of piperidine rings is 1. The number of sulfonamides is 1. The van der Waals surface area contributed by atoms with Gasteiger partial charge in [0.25, 0.3) is 5.76 Å². The molecule has 0 aliphatic carbocycles. The number of amides is 1. The van der Waals surface area contributed by atoms with Crippen LogP contribution in [-0.4, -0.2) is 37.5 Å². The van der Waals surface area contributed by atoms with Crippen LogP contribution in [0.1, 0.15) is 24.0 Å². The van der Waals surface area contributed by atoms with Crippen LogP contribution in [-0.2, 0) is 14.8 Å². The van der Waals surface area contributed by atoms with Crippen molar-refractivity contribution in [2.45, 2.75) is 42.2 Å². The van der Waals surface area contributed by atoms with Gasteiger partial charge in [-0.05, 0) is 62.1 Å². The summed E-state index contributed by atoms with van der Waals surface area (Å²) in [6.45, 7) is 4.27. The first-order valence-corrected chi connectivity index (χ1v) is 11.9. The maximum atomic E-state index is 12.9. The molecule has 1 N–H and O–H groups in total. The van der Waals surface area contributed by atoms with Gasteiger partial charge in [0, 0.05) is 23.9 Å². The van der Waals surface area contributed by atoms with Crippen LogP contribution in [0, 0.1) is 19.8 Å². The molecule has 1 amide bonds. The molecule has 0 bridgehead atoms. The van der Waals surface area contributed by atoms with Gasteiger partial charge in [-0.15, -0.1) is 0 Å². The second kappa shape index (κ2) is 9.45. The van der Waals surface area contributed by atoms with Crippen LogP contribution in [0.2, 0.25) is 0 Å². The summed E-state index contributed by atoms with van der Waals surface area (Å²) in [5, 5.41) is 2.72. The molecule has 5 nitrogen and oxygen atoms in total. The SMILES string of the molecule is Cc1ccc(S(=O)(=O)N2CCC(C(=O)Nc3ccccc3SC(F)F)CC2)cc1C. The van der Waals surface area contributed by atoms with Crippen molar-refractivity contribution >= 4 is 33.4 Å². The zero-order valence-corrected chi connectivity index (χ0v) is 18.4. The molecule has 0 atom stereocenters. The molecule has 0 radical (unpaired) electrons. The number of benzene rings is 2. The van der Waals surface area contributed by atoms with E-state index >= 15 is 0 Å². The molecule has 3 rings (SSSR count). The van der Waals surface area contributed by atoms with Gasteiger partial charge in [-0.2, -0.15) is 13.1 Å². The molecule has 2 aromatic rings. The van der Waals surface area contributed by atoms with Crippen molar-refractivity contribution in [2.75, 3.05) is 18.4 Å². The van der Waals surface area contributed by atoms with Crippen LogP contribution < -0.4 is 5.32 Å². The number of anilines is 1. The number of aryl methyl sites for hydroxylation is 2. The fourth-order valence-electron chi connectivity index (χ4n) is 3.39. The molecular formula is C21H24F2N2O3S2. The summed E-state index contributed by atoms with van der Waals surface area (Å²) in [6.07, 6.45) is 0.750. The van der Waals surface area contributed by atoms with Crippen molar-refractivity contribution in [3.63, 3.8) is 0 Å². The van der Waals surface area contributed by atoms with Crippen molar-refractivity contribution in [2.24, 2.45) is 5.92 Å². The zero-order chi connectivity index (χ0) is 21.9. The van der Waals surface area contributed by atoms with Crippen LogP contribution in [0.15, 0.2) is 52.3 Å². The Morgan fingerprint density at radius 1 is 1.10 bits per heavy atom. The summed E-state index contributed by atoms with van der Waals surface area (Å²) in [6, 6.07) is 11.5. The number of alkyl halides is 2. The molecule has 162 valence electrons. The molecular weight excluding hydrogens is 430 g/mol. The number of thioether (sulfide) groups is 1. The van der Waals surface area contributed by atoms with E-state index in [9.17, 15) is 22.0 Å². The van der Waals surface area contributed by atoms with Gasteiger partial charge in [0.15, 0.2) is 0 Å². The number of para-hydroxylation sites is 1. The molecule has 2 aromatic carbocycles. The van der Waals surface area contributed by atoms with Crippen LogP contribution in [0.5, 0.6) is 0 Å². The smallest absolute Gasteiger partial charge is 0.288 e. The molecule has 1 heterocycles. The highest BCUT2D eigenvalue weighted by atomic mass is 32.2. The average molecular weight is 455 g/mol. The minimum atomic E-state index is -3.61. The topological polar surface area (TPSA) is 66.5 Å². The van der Waals surface area contributed by atoms with Gasteiger partial charge in [-0.3, -0.25) is 4.79 Å². The predicted molar refractivity (Wildman–Crippen MR) is 114 cm³/mol. The third kappa shape index (κ3) is 5.19. The molecule has 0 spiro atoms. The molecule has 0 saturated carbocycles. The summed E-state index contributed by atoms with van der Waals surface area (Å²) in [5.41, 5.74) is 2.28. The molecule has 1 saturated heterocycles. The second-order valence-electron chi connectivity index (χ2n) is 7.29. The molecule has 1 aliphatic rings. The Morgan fingerprint density at radius 3 is 2.40 bits per heavy atom. The van der Waals surface area contributed by atoms with Crippen LogP contribution in [0.25, 0.3) is 0 Å². The first kappa shape index (κ1) is 22.7. The van der Waals surface area contributed by atoms with Crippen LogP contribution in [0.4, 0.5) is 14.5 Å². The normalized spacial score (nSPS) is 16.0. The number of carbonyl (C=O) groups excluding carboxylic acids is 1. The van der Waals surface area contributed by atoms with Gasteiger partial charge in [-0.1, -0.05) is 30.0 Å². The Hall–Kier alpha value is -1.97. The maximum Gasteiger partial charge on any atom is 0.288 e. The lowest BCUT2D eigenvalue weighted by Crippen LogP contribution is -2.41. The lowest BCUT2D eigenvalue weighted by atomic mass is 9.97. The summed E-state index contributed by atoms with van der Waals surface area (Å²) < 4.78 is 52.7. The lowest BCUT2D eigenvalue weighted by molar-refractivity contribution is -0.120. The highest BCUT2D eigenvalue weighted by Gasteiger charge is 2.32. The quantitative estimate of drug-likeness (QED) is 0.645. The molecule has 1 aliphatic heterocycles. The van der Waals surface area contributed by atoms with E-state index in [1.165, 1.54) is 10.4 Å². The lowest BCUT2D eigenvalue weighted by Gasteiger charge is -2.30. The summed E-state index contributed by atoms with van der Waals surface area (Å²) in [7, 11) is -3.61. The van der Waals surface area contributed by atoms with Gasteiger partial charge in [0.2, 0.25) is 15.9 Å². The number of rotatable bonds is 6. The van der Waals surface area contributed by atoms with Gasteiger partial charge in [-0.25, -0.2) is 8.42 Å². The Bertz CT molecular complexity index is 1020. The first-order valence-electron chi connectivity index (χ1n) is 9.60. The molecule has 9 heteroatoms. The number of nitrogens with zero attached hydrogens (tertiary/aromatic N) is 1. The molecule has 0 unspecified atom stereocenters. The number of nitrogens with one attached hydrogen (secondary N) is 1. The minimum Gasteiger partial charge on any atom is -0.325 e. The van der Waals surface area contributed by atoms with Gasteiger partial charge >= 0.3 is 0 Å². The number of carbonyl (C=O) groups is 1. The largest absolute Gasteiger partial charge is 0.325 e. The number of hydrogen-bond acceptors (Lipinski definition) is 4. The first-order chi connectivity index (χ1) is 14.2. The second-order valence-corrected chi connectivity index (χ2v) is 10.3. The van der Waals surface area contributed by atoms with Crippen molar-refractivity contribution < 1.29 is 22.0 Å².